The fraction of sp³-hybridized carbons (Fsp3) is 0.533. The third-order valence-electron chi connectivity index (χ3n) is 4.00. The molecule has 0 aliphatic carbocycles. The van der Waals surface area contributed by atoms with Crippen LogP contribution < -0.4 is 10.0 Å². The molecule has 25 heavy (non-hydrogen) atoms. The minimum absolute atomic E-state index is 0.0360. The van der Waals surface area contributed by atoms with Gasteiger partial charge in [-0.25, -0.2) is 25.9 Å². The lowest BCUT2D eigenvalue weighted by Gasteiger charge is -2.30. The van der Waals surface area contributed by atoms with Crippen LogP contribution in [0.2, 0.25) is 0 Å². The fourth-order valence-electron chi connectivity index (χ4n) is 2.68. The number of hydrogen-bond acceptors (Lipinski definition) is 5. The maximum atomic E-state index is 12.4. The van der Waals surface area contributed by atoms with Crippen molar-refractivity contribution in [3.8, 4) is 0 Å². The summed E-state index contributed by atoms with van der Waals surface area (Å²) in [5.41, 5.74) is 0.254. The van der Waals surface area contributed by atoms with E-state index >= 15 is 0 Å². The minimum atomic E-state index is -3.63. The summed E-state index contributed by atoms with van der Waals surface area (Å²) in [4.78, 5) is 12.4. The van der Waals surface area contributed by atoms with Gasteiger partial charge < -0.3 is 5.32 Å². The summed E-state index contributed by atoms with van der Waals surface area (Å²) in [5, 5.41) is 2.84. The minimum Gasteiger partial charge on any atom is -0.349 e. The molecule has 1 aromatic carbocycles. The van der Waals surface area contributed by atoms with Gasteiger partial charge in [-0.15, -0.1) is 0 Å². The number of carbonyl (C=O) groups excluding carboxylic acids is 1. The molecule has 1 fully saturated rings. The van der Waals surface area contributed by atoms with Crippen LogP contribution in [0.5, 0.6) is 0 Å². The molecule has 2 rings (SSSR count). The molecule has 8 nitrogen and oxygen atoms in total. The summed E-state index contributed by atoms with van der Waals surface area (Å²) in [6.07, 6.45) is 2.21. The number of nitrogens with one attached hydrogen (secondary N) is 2. The Morgan fingerprint density at radius 2 is 1.84 bits per heavy atom. The molecule has 2 N–H and O–H groups in total. The van der Waals surface area contributed by atoms with Crippen LogP contribution in [0.25, 0.3) is 0 Å². The summed E-state index contributed by atoms with van der Waals surface area (Å²) >= 11 is 0. The number of nitrogens with zero attached hydrogens (tertiary/aromatic N) is 1. The molecule has 0 spiro atoms. The Morgan fingerprint density at radius 3 is 2.40 bits per heavy atom. The number of rotatable bonds is 6. The summed E-state index contributed by atoms with van der Waals surface area (Å²) in [5.74, 6) is -0.369. The SMILES string of the molecule is CCNS(=O)(=O)c1cccc(C(=O)NC2CCN(S(C)(=O)=O)CC2)c1. The zero-order valence-corrected chi connectivity index (χ0v) is 15.9. The summed E-state index contributed by atoms with van der Waals surface area (Å²) in [6.45, 7) is 2.66. The van der Waals surface area contributed by atoms with Crippen molar-refractivity contribution >= 4 is 26.0 Å². The van der Waals surface area contributed by atoms with Crippen molar-refractivity contribution in [1.29, 1.82) is 0 Å². The van der Waals surface area contributed by atoms with E-state index < -0.39 is 20.0 Å². The number of carbonyl (C=O) groups is 1. The number of benzene rings is 1. The molecule has 0 unspecified atom stereocenters. The lowest BCUT2D eigenvalue weighted by atomic mass is 10.1. The largest absolute Gasteiger partial charge is 0.349 e. The van der Waals surface area contributed by atoms with Crippen LogP contribution in [-0.4, -0.2) is 59.0 Å². The van der Waals surface area contributed by atoms with E-state index in [0.717, 1.165) is 0 Å². The molecular formula is C15H23N3O5S2. The van der Waals surface area contributed by atoms with Crippen molar-refractivity contribution in [1.82, 2.24) is 14.3 Å². The number of hydrogen-bond donors (Lipinski definition) is 2. The first kappa shape index (κ1) is 19.8. The normalized spacial score (nSPS) is 17.4. The van der Waals surface area contributed by atoms with Crippen molar-refractivity contribution in [3.05, 3.63) is 29.8 Å². The molecular weight excluding hydrogens is 366 g/mol. The van der Waals surface area contributed by atoms with Gasteiger partial charge in [0.25, 0.3) is 5.91 Å². The topological polar surface area (TPSA) is 113 Å². The van der Waals surface area contributed by atoms with Gasteiger partial charge in [0.1, 0.15) is 0 Å². The van der Waals surface area contributed by atoms with Crippen LogP contribution in [0.4, 0.5) is 0 Å². The molecule has 1 aromatic rings. The van der Waals surface area contributed by atoms with Crippen molar-refractivity contribution in [3.63, 3.8) is 0 Å². The van der Waals surface area contributed by atoms with Gasteiger partial charge in [0.15, 0.2) is 0 Å². The van der Waals surface area contributed by atoms with Gasteiger partial charge in [-0.2, -0.15) is 0 Å². The molecule has 10 heteroatoms. The Bertz CT molecular complexity index is 828. The zero-order valence-electron chi connectivity index (χ0n) is 14.2. The Kier molecular flexibility index (Phi) is 6.20. The summed E-state index contributed by atoms with van der Waals surface area (Å²) in [6, 6.07) is 5.69. The maximum Gasteiger partial charge on any atom is 0.251 e. The first-order valence-corrected chi connectivity index (χ1v) is 11.3. The quantitative estimate of drug-likeness (QED) is 0.719. The Hall–Kier alpha value is -1.49. The molecule has 0 atom stereocenters. The van der Waals surface area contributed by atoms with Gasteiger partial charge in [-0.05, 0) is 31.0 Å². The van der Waals surface area contributed by atoms with Gasteiger partial charge in [0.05, 0.1) is 11.2 Å². The molecule has 0 radical (unpaired) electrons. The zero-order chi connectivity index (χ0) is 18.7. The molecule has 1 saturated heterocycles. The van der Waals surface area contributed by atoms with Gasteiger partial charge in [0.2, 0.25) is 20.0 Å². The molecule has 1 heterocycles. The summed E-state index contributed by atoms with van der Waals surface area (Å²) in [7, 11) is -6.84. The monoisotopic (exact) mass is 389 g/mol. The van der Waals surface area contributed by atoms with Crippen LogP contribution in [0.15, 0.2) is 29.2 Å². The van der Waals surface area contributed by atoms with E-state index in [1.165, 1.54) is 28.8 Å². The van der Waals surface area contributed by atoms with Crippen molar-refractivity contribution in [2.24, 2.45) is 0 Å². The lowest BCUT2D eigenvalue weighted by molar-refractivity contribution is 0.0923. The third-order valence-corrected chi connectivity index (χ3v) is 6.85. The van der Waals surface area contributed by atoms with Gasteiger partial charge in [0, 0.05) is 31.2 Å². The lowest BCUT2D eigenvalue weighted by Crippen LogP contribution is -2.46. The van der Waals surface area contributed by atoms with E-state index in [0.29, 0.717) is 25.9 Å². The predicted octanol–water partition coefficient (Wildman–Crippen LogP) is 0.139. The Labute approximate surface area is 148 Å². The van der Waals surface area contributed by atoms with Crippen LogP contribution in [-0.2, 0) is 20.0 Å². The molecule has 1 aliphatic rings. The second-order valence-electron chi connectivity index (χ2n) is 5.94. The smallest absolute Gasteiger partial charge is 0.251 e. The molecule has 1 aliphatic heterocycles. The van der Waals surface area contributed by atoms with Gasteiger partial charge in [-0.3, -0.25) is 4.79 Å². The van der Waals surface area contributed by atoms with E-state index in [1.54, 1.807) is 13.0 Å². The number of piperidine rings is 1. The van der Waals surface area contributed by atoms with Crippen LogP contribution in [0.1, 0.15) is 30.1 Å². The highest BCUT2D eigenvalue weighted by molar-refractivity contribution is 7.89. The average molecular weight is 389 g/mol. The molecule has 1 amide bonds. The number of sulfonamides is 2. The van der Waals surface area contributed by atoms with Crippen LogP contribution >= 0.6 is 0 Å². The molecule has 0 bridgehead atoms. The average Bonchev–Trinajstić information content (AvgIpc) is 2.54. The number of amides is 1. The highest BCUT2D eigenvalue weighted by atomic mass is 32.2. The van der Waals surface area contributed by atoms with Crippen molar-refractivity contribution in [2.45, 2.75) is 30.7 Å². The Balaban J connectivity index is 2.03. The molecule has 0 aromatic heterocycles. The summed E-state index contributed by atoms with van der Waals surface area (Å²) < 4.78 is 50.8. The van der Waals surface area contributed by atoms with Gasteiger partial charge in [-0.1, -0.05) is 13.0 Å². The van der Waals surface area contributed by atoms with Crippen molar-refractivity contribution < 1.29 is 21.6 Å². The second-order valence-corrected chi connectivity index (χ2v) is 9.69. The predicted molar refractivity (Wildman–Crippen MR) is 94.2 cm³/mol. The van der Waals surface area contributed by atoms with Crippen molar-refractivity contribution in [2.75, 3.05) is 25.9 Å². The standard InChI is InChI=1S/C15H23N3O5S2/c1-3-16-25(22,23)14-6-4-5-12(11-14)15(19)17-13-7-9-18(10-8-13)24(2,20)21/h4-6,11,13,16H,3,7-10H2,1-2H3,(H,17,19). The highest BCUT2D eigenvalue weighted by Gasteiger charge is 2.26. The van der Waals surface area contributed by atoms with E-state index in [1.807, 2.05) is 0 Å². The first-order valence-electron chi connectivity index (χ1n) is 7.99. The molecule has 140 valence electrons. The van der Waals surface area contributed by atoms with E-state index in [2.05, 4.69) is 10.0 Å². The maximum absolute atomic E-state index is 12.4. The van der Waals surface area contributed by atoms with Gasteiger partial charge >= 0.3 is 0 Å². The first-order chi connectivity index (χ1) is 11.6. The van der Waals surface area contributed by atoms with Crippen LogP contribution in [0.3, 0.4) is 0 Å². The Morgan fingerprint density at radius 1 is 1.20 bits per heavy atom. The third kappa shape index (κ3) is 5.24. The van der Waals surface area contributed by atoms with E-state index in [-0.39, 0.29) is 29.0 Å². The highest BCUT2D eigenvalue weighted by Crippen LogP contribution is 2.15. The van der Waals surface area contributed by atoms with E-state index in [9.17, 15) is 21.6 Å². The van der Waals surface area contributed by atoms with Crippen LogP contribution in [0, 0.1) is 0 Å². The molecule has 0 saturated carbocycles. The van der Waals surface area contributed by atoms with E-state index in [4.69, 9.17) is 0 Å². The second kappa shape index (κ2) is 7.81. The fourth-order valence-corrected chi connectivity index (χ4v) is 4.64.